The third kappa shape index (κ3) is 3.43. The Hall–Kier alpha value is -2.82. The summed E-state index contributed by atoms with van der Waals surface area (Å²) in [4.78, 5) is 14.6. The van der Waals surface area contributed by atoms with Crippen LogP contribution in [0.5, 0.6) is 0 Å². The highest BCUT2D eigenvalue weighted by molar-refractivity contribution is 5.84. The van der Waals surface area contributed by atoms with Crippen LogP contribution in [-0.4, -0.2) is 30.2 Å². The summed E-state index contributed by atoms with van der Waals surface area (Å²) in [5.74, 6) is 0.00896. The maximum atomic E-state index is 14.1. The number of piperidine rings is 3. The zero-order valence-electron chi connectivity index (χ0n) is 14.4. The molecule has 1 amide bonds. The first-order valence-corrected chi connectivity index (χ1v) is 8.94. The van der Waals surface area contributed by atoms with E-state index in [4.69, 9.17) is 4.74 Å². The Morgan fingerprint density at radius 2 is 1.77 bits per heavy atom. The minimum atomic E-state index is -0.477. The van der Waals surface area contributed by atoms with Gasteiger partial charge in [0.25, 0.3) is 0 Å². The number of fused-ring (bicyclic) bond motifs is 3. The molecule has 0 radical (unpaired) electrons. The fourth-order valence-electron chi connectivity index (χ4n) is 3.75. The van der Waals surface area contributed by atoms with E-state index in [0.717, 1.165) is 31.6 Å². The first-order chi connectivity index (χ1) is 12.7. The standard InChI is InChI=1S/C21H21FN2O2/c22-18-9-5-4-6-16(18)14-19-20(15-10-12-24(19)13-11-15)26-21(25)23-17-7-2-1-3-8-17/h1-9,14-15,20H,10-13H2,(H,23,25)/b19-14-. The zero-order chi connectivity index (χ0) is 17.9. The van der Waals surface area contributed by atoms with Gasteiger partial charge in [0.15, 0.2) is 0 Å². The molecule has 3 saturated heterocycles. The van der Waals surface area contributed by atoms with Gasteiger partial charge in [-0.05, 0) is 37.1 Å². The lowest BCUT2D eigenvalue weighted by atomic mass is 9.82. The van der Waals surface area contributed by atoms with Gasteiger partial charge in [-0.25, -0.2) is 9.18 Å². The Kier molecular flexibility index (Phi) is 4.61. The Labute approximate surface area is 152 Å². The van der Waals surface area contributed by atoms with Crippen molar-refractivity contribution >= 4 is 17.9 Å². The van der Waals surface area contributed by atoms with Crippen LogP contribution in [0.4, 0.5) is 14.9 Å². The molecule has 0 aliphatic carbocycles. The summed E-state index contributed by atoms with van der Waals surface area (Å²) in [6, 6.07) is 15.9. The number of carbonyl (C=O) groups is 1. The van der Waals surface area contributed by atoms with Crippen LogP contribution in [0.25, 0.3) is 6.08 Å². The van der Waals surface area contributed by atoms with Gasteiger partial charge >= 0.3 is 6.09 Å². The predicted molar refractivity (Wildman–Crippen MR) is 99.0 cm³/mol. The van der Waals surface area contributed by atoms with Gasteiger partial charge in [0.05, 0.1) is 5.70 Å². The molecule has 134 valence electrons. The van der Waals surface area contributed by atoms with E-state index in [1.54, 1.807) is 12.1 Å². The van der Waals surface area contributed by atoms with E-state index in [9.17, 15) is 9.18 Å². The van der Waals surface area contributed by atoms with Crippen molar-refractivity contribution in [2.75, 3.05) is 18.4 Å². The van der Waals surface area contributed by atoms with Crippen molar-refractivity contribution in [2.45, 2.75) is 18.9 Å². The lowest BCUT2D eigenvalue weighted by Crippen LogP contribution is -2.50. The average Bonchev–Trinajstić information content (AvgIpc) is 2.67. The monoisotopic (exact) mass is 352 g/mol. The highest BCUT2D eigenvalue weighted by atomic mass is 19.1. The van der Waals surface area contributed by atoms with Crippen LogP contribution in [0, 0.1) is 11.7 Å². The van der Waals surface area contributed by atoms with E-state index in [0.29, 0.717) is 11.3 Å². The number of nitrogens with zero attached hydrogens (tertiary/aromatic N) is 1. The van der Waals surface area contributed by atoms with Crippen molar-refractivity contribution in [3.63, 3.8) is 0 Å². The van der Waals surface area contributed by atoms with Gasteiger partial charge in [0, 0.05) is 30.3 Å². The molecular weight excluding hydrogens is 331 g/mol. The lowest BCUT2D eigenvalue weighted by Gasteiger charge is -2.47. The minimum absolute atomic E-state index is 0.268. The van der Waals surface area contributed by atoms with Crippen LogP contribution in [0.1, 0.15) is 18.4 Å². The number of ether oxygens (including phenoxy) is 1. The molecule has 0 saturated carbocycles. The minimum Gasteiger partial charge on any atom is -0.439 e. The second-order valence-corrected chi connectivity index (χ2v) is 6.73. The SMILES string of the molecule is O=C(Nc1ccccc1)OC1/C(=C/c2ccccc2F)N2CCC1CC2. The fraction of sp³-hybridized carbons (Fsp3) is 0.286. The maximum absolute atomic E-state index is 14.1. The van der Waals surface area contributed by atoms with Crippen molar-refractivity contribution in [1.82, 2.24) is 4.90 Å². The van der Waals surface area contributed by atoms with Crippen LogP contribution in [-0.2, 0) is 4.74 Å². The van der Waals surface area contributed by atoms with Gasteiger partial charge in [-0.2, -0.15) is 0 Å². The largest absolute Gasteiger partial charge is 0.439 e. The molecule has 0 spiro atoms. The fourth-order valence-corrected chi connectivity index (χ4v) is 3.75. The molecule has 5 heteroatoms. The lowest BCUT2D eigenvalue weighted by molar-refractivity contribution is 0.0103. The topological polar surface area (TPSA) is 41.6 Å². The number of nitrogens with one attached hydrogen (secondary N) is 1. The van der Waals surface area contributed by atoms with Crippen LogP contribution in [0.2, 0.25) is 0 Å². The van der Waals surface area contributed by atoms with E-state index in [-0.39, 0.29) is 17.8 Å². The summed E-state index contributed by atoms with van der Waals surface area (Å²) in [5.41, 5.74) is 2.10. The molecule has 2 aromatic rings. The highest BCUT2D eigenvalue weighted by Crippen LogP contribution is 2.38. The van der Waals surface area contributed by atoms with E-state index in [1.807, 2.05) is 42.5 Å². The molecule has 3 heterocycles. The van der Waals surface area contributed by atoms with Crippen molar-refractivity contribution in [3.8, 4) is 0 Å². The molecular formula is C21H21FN2O2. The third-order valence-electron chi connectivity index (χ3n) is 5.09. The van der Waals surface area contributed by atoms with Gasteiger partial charge in [-0.1, -0.05) is 36.4 Å². The second-order valence-electron chi connectivity index (χ2n) is 6.73. The van der Waals surface area contributed by atoms with Crippen molar-refractivity contribution < 1.29 is 13.9 Å². The molecule has 1 N–H and O–H groups in total. The third-order valence-corrected chi connectivity index (χ3v) is 5.09. The molecule has 1 atom stereocenters. The molecule has 4 nitrogen and oxygen atoms in total. The number of halogens is 1. The molecule has 3 aliphatic heterocycles. The number of benzene rings is 2. The van der Waals surface area contributed by atoms with Crippen LogP contribution >= 0.6 is 0 Å². The summed E-state index contributed by atoms with van der Waals surface area (Å²) < 4.78 is 19.9. The number of hydrogen-bond acceptors (Lipinski definition) is 3. The van der Waals surface area contributed by atoms with E-state index in [1.165, 1.54) is 6.07 Å². The number of carbonyl (C=O) groups excluding carboxylic acids is 1. The second kappa shape index (κ2) is 7.20. The Balaban J connectivity index is 1.56. The Morgan fingerprint density at radius 3 is 2.50 bits per heavy atom. The van der Waals surface area contributed by atoms with Crippen molar-refractivity contribution in [1.29, 1.82) is 0 Å². The van der Waals surface area contributed by atoms with Gasteiger partial charge < -0.3 is 9.64 Å². The van der Waals surface area contributed by atoms with Crippen molar-refractivity contribution in [2.24, 2.45) is 5.92 Å². The van der Waals surface area contributed by atoms with E-state index >= 15 is 0 Å². The smallest absolute Gasteiger partial charge is 0.412 e. The molecule has 2 aromatic carbocycles. The van der Waals surface area contributed by atoms with Gasteiger partial charge in [0.2, 0.25) is 0 Å². The van der Waals surface area contributed by atoms with Crippen LogP contribution < -0.4 is 5.32 Å². The molecule has 0 aromatic heterocycles. The van der Waals surface area contributed by atoms with Gasteiger partial charge in [-0.3, -0.25) is 5.32 Å². The highest BCUT2D eigenvalue weighted by Gasteiger charge is 2.40. The van der Waals surface area contributed by atoms with E-state index < -0.39 is 6.09 Å². The first-order valence-electron chi connectivity index (χ1n) is 8.94. The maximum Gasteiger partial charge on any atom is 0.412 e. The molecule has 26 heavy (non-hydrogen) atoms. The number of anilines is 1. The Bertz CT molecular complexity index is 814. The summed E-state index contributed by atoms with van der Waals surface area (Å²) in [5, 5.41) is 2.76. The summed E-state index contributed by atoms with van der Waals surface area (Å²) in [7, 11) is 0. The number of hydrogen-bond donors (Lipinski definition) is 1. The van der Waals surface area contributed by atoms with Crippen LogP contribution in [0.3, 0.4) is 0 Å². The normalized spacial score (nSPS) is 23.1. The van der Waals surface area contributed by atoms with Gasteiger partial charge in [-0.15, -0.1) is 0 Å². The van der Waals surface area contributed by atoms with Crippen molar-refractivity contribution in [3.05, 3.63) is 71.7 Å². The molecule has 3 fully saturated rings. The Morgan fingerprint density at radius 1 is 1.08 bits per heavy atom. The molecule has 1 unspecified atom stereocenters. The first kappa shape index (κ1) is 16.6. The van der Waals surface area contributed by atoms with Gasteiger partial charge in [0.1, 0.15) is 11.9 Å². The summed E-state index contributed by atoms with van der Waals surface area (Å²) in [6.07, 6.45) is 2.96. The van der Waals surface area contributed by atoms with Crippen LogP contribution in [0.15, 0.2) is 60.3 Å². The number of rotatable bonds is 3. The number of para-hydroxylation sites is 1. The average molecular weight is 352 g/mol. The molecule has 5 rings (SSSR count). The molecule has 3 aliphatic rings. The predicted octanol–water partition coefficient (Wildman–Crippen LogP) is 4.51. The summed E-state index contributed by atoms with van der Waals surface area (Å²) >= 11 is 0. The zero-order valence-corrected chi connectivity index (χ0v) is 14.4. The molecule has 2 bridgehead atoms. The number of amides is 1. The summed E-state index contributed by atoms with van der Waals surface area (Å²) in [6.45, 7) is 1.84. The van der Waals surface area contributed by atoms with E-state index in [2.05, 4.69) is 10.2 Å². The quantitative estimate of drug-likeness (QED) is 0.884.